The second-order valence-corrected chi connectivity index (χ2v) is 5.49. The van der Waals surface area contributed by atoms with Gasteiger partial charge in [0.25, 0.3) is 11.8 Å². The molecule has 0 bridgehead atoms. The van der Waals surface area contributed by atoms with Crippen molar-refractivity contribution in [1.29, 1.82) is 0 Å². The first-order chi connectivity index (χ1) is 10.2. The average molecular weight is 299 g/mol. The summed E-state index contributed by atoms with van der Waals surface area (Å²) in [7, 11) is 0. The summed E-state index contributed by atoms with van der Waals surface area (Å²) in [4.78, 5) is 17.2. The molecule has 3 aromatic rings. The van der Waals surface area contributed by atoms with E-state index in [2.05, 4.69) is 15.5 Å². The molecule has 3 rings (SSSR count). The van der Waals surface area contributed by atoms with Gasteiger partial charge >= 0.3 is 0 Å². The number of aromatic nitrogens is 2. The van der Waals surface area contributed by atoms with E-state index >= 15 is 0 Å². The van der Waals surface area contributed by atoms with E-state index in [1.165, 1.54) is 11.3 Å². The van der Waals surface area contributed by atoms with Gasteiger partial charge < -0.3 is 9.84 Å². The number of nitrogens with one attached hydrogen (secondary N) is 1. The van der Waals surface area contributed by atoms with Gasteiger partial charge in [-0.15, -0.1) is 11.3 Å². The number of aryl methyl sites for hydroxylation is 1. The highest BCUT2D eigenvalue weighted by Gasteiger charge is 2.11. The molecule has 0 aliphatic carbocycles. The Morgan fingerprint density at radius 3 is 3.00 bits per heavy atom. The first-order valence-electron chi connectivity index (χ1n) is 6.44. The minimum Gasteiger partial charge on any atom is -0.345 e. The molecule has 0 spiro atoms. The Labute approximate surface area is 125 Å². The molecule has 0 saturated heterocycles. The fourth-order valence-corrected chi connectivity index (χ4v) is 2.52. The molecule has 1 aromatic carbocycles. The van der Waals surface area contributed by atoms with Gasteiger partial charge in [0.1, 0.15) is 0 Å². The molecule has 1 amide bonds. The fourth-order valence-electron chi connectivity index (χ4n) is 1.87. The van der Waals surface area contributed by atoms with E-state index in [0.29, 0.717) is 17.3 Å². The molecule has 21 heavy (non-hydrogen) atoms. The van der Waals surface area contributed by atoms with Crippen LogP contribution in [0, 0.1) is 6.92 Å². The first kappa shape index (κ1) is 13.5. The van der Waals surface area contributed by atoms with Crippen molar-refractivity contribution in [1.82, 2.24) is 15.5 Å². The second kappa shape index (κ2) is 5.88. The first-order valence-corrected chi connectivity index (χ1v) is 7.31. The van der Waals surface area contributed by atoms with Gasteiger partial charge in [-0.1, -0.05) is 28.9 Å². The SMILES string of the molecule is Cc1cccc(C(=O)NCc2noc(-c3cccs3)n2)c1. The van der Waals surface area contributed by atoms with Crippen LogP contribution in [0.25, 0.3) is 10.8 Å². The smallest absolute Gasteiger partial charge is 0.268 e. The Morgan fingerprint density at radius 2 is 2.24 bits per heavy atom. The van der Waals surface area contributed by atoms with Crippen LogP contribution >= 0.6 is 11.3 Å². The molecular formula is C15H13N3O2S. The van der Waals surface area contributed by atoms with Crippen LogP contribution in [-0.2, 0) is 6.54 Å². The molecule has 5 nitrogen and oxygen atoms in total. The van der Waals surface area contributed by atoms with E-state index in [1.807, 2.05) is 42.6 Å². The topological polar surface area (TPSA) is 68.0 Å². The normalized spacial score (nSPS) is 10.5. The summed E-state index contributed by atoms with van der Waals surface area (Å²) in [6, 6.07) is 11.2. The molecule has 0 radical (unpaired) electrons. The molecule has 0 saturated carbocycles. The van der Waals surface area contributed by atoms with Crippen molar-refractivity contribution in [3.05, 3.63) is 58.7 Å². The molecule has 1 N–H and O–H groups in total. The quantitative estimate of drug-likeness (QED) is 0.804. The van der Waals surface area contributed by atoms with Gasteiger partial charge in [0.2, 0.25) is 0 Å². The van der Waals surface area contributed by atoms with E-state index in [9.17, 15) is 4.79 Å². The highest BCUT2D eigenvalue weighted by Crippen LogP contribution is 2.22. The number of carbonyl (C=O) groups is 1. The third-order valence-electron chi connectivity index (χ3n) is 2.89. The van der Waals surface area contributed by atoms with E-state index in [-0.39, 0.29) is 12.5 Å². The van der Waals surface area contributed by atoms with Crippen molar-refractivity contribution < 1.29 is 9.32 Å². The lowest BCUT2D eigenvalue weighted by Gasteiger charge is -2.03. The van der Waals surface area contributed by atoms with Crippen molar-refractivity contribution in [2.45, 2.75) is 13.5 Å². The number of hydrogen-bond donors (Lipinski definition) is 1. The fraction of sp³-hybridized carbons (Fsp3) is 0.133. The molecule has 0 aliphatic rings. The molecular weight excluding hydrogens is 286 g/mol. The monoisotopic (exact) mass is 299 g/mol. The van der Waals surface area contributed by atoms with Gasteiger partial charge in [-0.2, -0.15) is 4.98 Å². The van der Waals surface area contributed by atoms with E-state index < -0.39 is 0 Å². The van der Waals surface area contributed by atoms with Crippen LogP contribution in [-0.4, -0.2) is 16.0 Å². The van der Waals surface area contributed by atoms with Gasteiger partial charge in [-0.3, -0.25) is 4.79 Å². The number of amides is 1. The second-order valence-electron chi connectivity index (χ2n) is 4.55. The molecule has 0 fully saturated rings. The van der Waals surface area contributed by atoms with Gasteiger partial charge in [0.15, 0.2) is 5.82 Å². The summed E-state index contributed by atoms with van der Waals surface area (Å²) >= 11 is 1.53. The number of hydrogen-bond acceptors (Lipinski definition) is 5. The van der Waals surface area contributed by atoms with Gasteiger partial charge in [0, 0.05) is 5.56 Å². The van der Waals surface area contributed by atoms with Crippen LogP contribution in [0.4, 0.5) is 0 Å². The number of carbonyl (C=O) groups excluding carboxylic acids is 1. The zero-order valence-electron chi connectivity index (χ0n) is 11.4. The summed E-state index contributed by atoms with van der Waals surface area (Å²) < 4.78 is 5.16. The molecule has 106 valence electrons. The molecule has 2 heterocycles. The largest absolute Gasteiger partial charge is 0.345 e. The molecule has 2 aromatic heterocycles. The maximum atomic E-state index is 12.0. The van der Waals surface area contributed by atoms with Crippen LogP contribution in [0.15, 0.2) is 46.3 Å². The van der Waals surface area contributed by atoms with E-state index in [0.717, 1.165) is 10.4 Å². The van der Waals surface area contributed by atoms with Crippen molar-refractivity contribution >= 4 is 17.2 Å². The van der Waals surface area contributed by atoms with Crippen LogP contribution in [0.1, 0.15) is 21.7 Å². The standard InChI is InChI=1S/C15H13N3O2S/c1-10-4-2-5-11(8-10)14(19)16-9-13-17-15(20-18-13)12-6-3-7-21-12/h2-8H,9H2,1H3,(H,16,19). The summed E-state index contributed by atoms with van der Waals surface area (Å²) in [5.41, 5.74) is 1.67. The molecule has 0 atom stereocenters. The molecule has 0 unspecified atom stereocenters. The lowest BCUT2D eigenvalue weighted by molar-refractivity contribution is 0.0949. The minimum absolute atomic E-state index is 0.152. The van der Waals surface area contributed by atoms with Crippen LogP contribution in [0.2, 0.25) is 0 Å². The number of benzene rings is 1. The summed E-state index contributed by atoms with van der Waals surface area (Å²) in [6.07, 6.45) is 0. The van der Waals surface area contributed by atoms with E-state index in [4.69, 9.17) is 4.52 Å². The van der Waals surface area contributed by atoms with Crippen molar-refractivity contribution in [3.8, 4) is 10.8 Å². The summed E-state index contributed by atoms with van der Waals surface area (Å²) in [5.74, 6) is 0.783. The van der Waals surface area contributed by atoms with Crippen LogP contribution in [0.5, 0.6) is 0 Å². The lowest BCUT2D eigenvalue weighted by Crippen LogP contribution is -2.23. The third kappa shape index (κ3) is 3.17. The Balaban J connectivity index is 1.64. The zero-order chi connectivity index (χ0) is 14.7. The van der Waals surface area contributed by atoms with Gasteiger partial charge in [-0.05, 0) is 30.5 Å². The predicted molar refractivity (Wildman–Crippen MR) is 80.0 cm³/mol. The maximum absolute atomic E-state index is 12.0. The van der Waals surface area contributed by atoms with Gasteiger partial charge in [0.05, 0.1) is 11.4 Å². The third-order valence-corrected chi connectivity index (χ3v) is 3.75. The highest BCUT2D eigenvalue weighted by molar-refractivity contribution is 7.13. The summed E-state index contributed by atoms with van der Waals surface area (Å²) in [5, 5.41) is 8.58. The number of rotatable bonds is 4. The Morgan fingerprint density at radius 1 is 1.33 bits per heavy atom. The Kier molecular flexibility index (Phi) is 3.79. The average Bonchev–Trinajstić information content (AvgIpc) is 3.15. The lowest BCUT2D eigenvalue weighted by atomic mass is 10.1. The molecule has 0 aliphatic heterocycles. The molecule has 6 heteroatoms. The Bertz CT molecular complexity index is 750. The van der Waals surface area contributed by atoms with Crippen molar-refractivity contribution in [3.63, 3.8) is 0 Å². The highest BCUT2D eigenvalue weighted by atomic mass is 32.1. The number of thiophene rings is 1. The van der Waals surface area contributed by atoms with Gasteiger partial charge in [-0.25, -0.2) is 0 Å². The summed E-state index contributed by atoms with van der Waals surface area (Å²) in [6.45, 7) is 2.19. The minimum atomic E-state index is -0.152. The van der Waals surface area contributed by atoms with E-state index in [1.54, 1.807) is 6.07 Å². The number of nitrogens with zero attached hydrogens (tertiary/aromatic N) is 2. The van der Waals surface area contributed by atoms with Crippen molar-refractivity contribution in [2.75, 3.05) is 0 Å². The van der Waals surface area contributed by atoms with Crippen LogP contribution in [0.3, 0.4) is 0 Å². The van der Waals surface area contributed by atoms with Crippen molar-refractivity contribution in [2.24, 2.45) is 0 Å². The predicted octanol–water partition coefficient (Wildman–Crippen LogP) is 3.04. The maximum Gasteiger partial charge on any atom is 0.268 e. The Hall–Kier alpha value is -2.47. The van der Waals surface area contributed by atoms with Crippen LogP contribution < -0.4 is 5.32 Å². The zero-order valence-corrected chi connectivity index (χ0v) is 12.2.